The highest BCUT2D eigenvalue weighted by Crippen LogP contribution is 2.30. The quantitative estimate of drug-likeness (QED) is 0.791. The molecule has 0 aliphatic heterocycles. The third kappa shape index (κ3) is 4.74. The van der Waals surface area contributed by atoms with Gasteiger partial charge in [-0.15, -0.1) is 10.2 Å². The average Bonchev–Trinajstić information content (AvgIpc) is 2.90. The molecule has 2 atom stereocenters. The van der Waals surface area contributed by atoms with Crippen LogP contribution < -0.4 is 5.32 Å². The van der Waals surface area contributed by atoms with Crippen LogP contribution in [-0.2, 0) is 18.2 Å². The van der Waals surface area contributed by atoms with Crippen molar-refractivity contribution in [1.82, 2.24) is 25.5 Å². The Labute approximate surface area is 127 Å². The van der Waals surface area contributed by atoms with Crippen LogP contribution in [0.3, 0.4) is 0 Å². The molecule has 1 heterocycles. The van der Waals surface area contributed by atoms with Gasteiger partial charge in [-0.25, -0.2) is 0 Å². The molecule has 1 aliphatic rings. The SMILES string of the molecule is CCNC(Cc1nnn(C)n1)C(OCC)C1CCCCC1. The average molecular weight is 295 g/mol. The summed E-state index contributed by atoms with van der Waals surface area (Å²) in [4.78, 5) is 1.52. The van der Waals surface area contributed by atoms with Gasteiger partial charge >= 0.3 is 0 Å². The maximum atomic E-state index is 6.13. The molecule has 0 radical (unpaired) electrons. The Hall–Kier alpha value is -1.01. The molecule has 0 spiro atoms. The van der Waals surface area contributed by atoms with Crippen molar-refractivity contribution in [2.24, 2.45) is 13.0 Å². The van der Waals surface area contributed by atoms with Crippen molar-refractivity contribution in [2.45, 2.75) is 64.5 Å². The number of hydrogen-bond acceptors (Lipinski definition) is 5. The molecule has 1 aliphatic carbocycles. The van der Waals surface area contributed by atoms with Crippen LogP contribution in [0.15, 0.2) is 0 Å². The maximum Gasteiger partial charge on any atom is 0.176 e. The largest absolute Gasteiger partial charge is 0.377 e. The molecule has 1 fully saturated rings. The van der Waals surface area contributed by atoms with E-state index in [1.54, 1.807) is 7.05 Å². The number of aromatic nitrogens is 4. The number of aryl methyl sites for hydroxylation is 1. The Morgan fingerprint density at radius 3 is 2.62 bits per heavy atom. The van der Waals surface area contributed by atoms with Gasteiger partial charge in [0.05, 0.1) is 13.2 Å². The lowest BCUT2D eigenvalue weighted by molar-refractivity contribution is -0.0175. The Balaban J connectivity index is 2.06. The summed E-state index contributed by atoms with van der Waals surface area (Å²) < 4.78 is 6.13. The van der Waals surface area contributed by atoms with Crippen molar-refractivity contribution < 1.29 is 4.74 Å². The van der Waals surface area contributed by atoms with Crippen LogP contribution in [0, 0.1) is 5.92 Å². The Morgan fingerprint density at radius 1 is 1.29 bits per heavy atom. The molecule has 6 heteroatoms. The number of nitrogens with one attached hydrogen (secondary N) is 1. The van der Waals surface area contributed by atoms with Crippen molar-refractivity contribution in [3.63, 3.8) is 0 Å². The molecular formula is C15H29N5O. The summed E-state index contributed by atoms with van der Waals surface area (Å²) in [6.45, 7) is 5.92. The van der Waals surface area contributed by atoms with E-state index in [1.165, 1.54) is 36.9 Å². The second kappa shape index (κ2) is 8.44. The first-order chi connectivity index (χ1) is 10.2. The highest BCUT2D eigenvalue weighted by Gasteiger charge is 2.31. The summed E-state index contributed by atoms with van der Waals surface area (Å²) in [5.74, 6) is 1.45. The van der Waals surface area contributed by atoms with Gasteiger partial charge in [0.15, 0.2) is 5.82 Å². The summed E-state index contributed by atoms with van der Waals surface area (Å²) in [5.41, 5.74) is 0. The van der Waals surface area contributed by atoms with Crippen molar-refractivity contribution in [1.29, 1.82) is 0 Å². The standard InChI is InChI=1S/C15H29N5O/c1-4-16-13(11-14-17-19-20(3)18-14)15(21-5-2)12-9-7-6-8-10-12/h12-13,15-16H,4-11H2,1-3H3. The van der Waals surface area contributed by atoms with Crippen molar-refractivity contribution in [3.05, 3.63) is 5.82 Å². The zero-order chi connectivity index (χ0) is 15.1. The number of rotatable bonds is 8. The highest BCUT2D eigenvalue weighted by atomic mass is 16.5. The van der Waals surface area contributed by atoms with Gasteiger partial charge in [-0.1, -0.05) is 26.2 Å². The lowest BCUT2D eigenvalue weighted by Gasteiger charge is -2.35. The monoisotopic (exact) mass is 295 g/mol. The molecule has 1 saturated carbocycles. The lowest BCUT2D eigenvalue weighted by atomic mass is 9.81. The first-order valence-electron chi connectivity index (χ1n) is 8.32. The Bertz CT molecular complexity index is 403. The molecule has 6 nitrogen and oxygen atoms in total. The zero-order valence-corrected chi connectivity index (χ0v) is 13.6. The van der Waals surface area contributed by atoms with E-state index in [2.05, 4.69) is 34.6 Å². The Kier molecular flexibility index (Phi) is 6.57. The fourth-order valence-electron chi connectivity index (χ4n) is 3.40. The van der Waals surface area contributed by atoms with E-state index in [-0.39, 0.29) is 12.1 Å². The van der Waals surface area contributed by atoms with E-state index in [4.69, 9.17) is 4.74 Å². The number of ether oxygens (including phenoxy) is 1. The van der Waals surface area contributed by atoms with E-state index in [1.807, 2.05) is 0 Å². The minimum absolute atomic E-state index is 0.249. The van der Waals surface area contributed by atoms with E-state index < -0.39 is 0 Å². The molecule has 0 saturated heterocycles. The smallest absolute Gasteiger partial charge is 0.176 e. The second-order valence-corrected chi connectivity index (χ2v) is 5.88. The number of likely N-dealkylation sites (N-methyl/N-ethyl adjacent to an activating group) is 1. The van der Waals surface area contributed by atoms with Gasteiger partial charge in [-0.2, -0.15) is 4.80 Å². The van der Waals surface area contributed by atoms with Crippen molar-refractivity contribution in [2.75, 3.05) is 13.2 Å². The van der Waals surface area contributed by atoms with Crippen molar-refractivity contribution in [3.8, 4) is 0 Å². The zero-order valence-electron chi connectivity index (χ0n) is 13.6. The molecule has 1 N–H and O–H groups in total. The highest BCUT2D eigenvalue weighted by molar-refractivity contribution is 4.92. The van der Waals surface area contributed by atoms with Crippen LogP contribution in [0.5, 0.6) is 0 Å². The molecule has 1 aromatic heterocycles. The van der Waals surface area contributed by atoms with E-state index in [0.717, 1.165) is 25.4 Å². The van der Waals surface area contributed by atoms with Gasteiger partial charge < -0.3 is 10.1 Å². The molecule has 0 amide bonds. The van der Waals surface area contributed by atoms with E-state index in [9.17, 15) is 0 Å². The van der Waals surface area contributed by atoms with E-state index >= 15 is 0 Å². The first-order valence-corrected chi connectivity index (χ1v) is 8.32. The maximum absolute atomic E-state index is 6.13. The molecular weight excluding hydrogens is 266 g/mol. The van der Waals surface area contributed by atoms with Gasteiger partial charge in [0, 0.05) is 19.1 Å². The molecule has 0 bridgehead atoms. The van der Waals surface area contributed by atoms with Crippen LogP contribution in [-0.4, -0.2) is 45.5 Å². The minimum atomic E-state index is 0.249. The fraction of sp³-hybridized carbons (Fsp3) is 0.933. The fourth-order valence-corrected chi connectivity index (χ4v) is 3.40. The second-order valence-electron chi connectivity index (χ2n) is 5.88. The molecule has 120 valence electrons. The topological polar surface area (TPSA) is 64.9 Å². The van der Waals surface area contributed by atoms with Gasteiger partial charge in [0.1, 0.15) is 0 Å². The summed E-state index contributed by atoms with van der Waals surface area (Å²) in [6, 6.07) is 0.266. The predicted octanol–water partition coefficient (Wildman–Crippen LogP) is 1.72. The van der Waals surface area contributed by atoms with Crippen LogP contribution in [0.1, 0.15) is 51.8 Å². The Morgan fingerprint density at radius 2 is 2.05 bits per heavy atom. The van der Waals surface area contributed by atoms with Crippen LogP contribution >= 0.6 is 0 Å². The number of nitrogens with zero attached hydrogens (tertiary/aromatic N) is 4. The molecule has 2 unspecified atom stereocenters. The van der Waals surface area contributed by atoms with Crippen LogP contribution in [0.25, 0.3) is 0 Å². The summed E-state index contributed by atoms with van der Waals surface area (Å²) >= 11 is 0. The number of tetrazole rings is 1. The van der Waals surface area contributed by atoms with Crippen LogP contribution in [0.4, 0.5) is 0 Å². The van der Waals surface area contributed by atoms with Gasteiger partial charge in [0.2, 0.25) is 0 Å². The first kappa shape index (κ1) is 16.4. The van der Waals surface area contributed by atoms with Gasteiger partial charge in [-0.3, -0.25) is 0 Å². The third-order valence-electron chi connectivity index (χ3n) is 4.29. The molecule has 2 rings (SSSR count). The molecule has 0 aromatic carbocycles. The minimum Gasteiger partial charge on any atom is -0.377 e. The summed E-state index contributed by atoms with van der Waals surface area (Å²) in [7, 11) is 1.81. The van der Waals surface area contributed by atoms with Crippen LogP contribution in [0.2, 0.25) is 0 Å². The predicted molar refractivity (Wildman–Crippen MR) is 82.0 cm³/mol. The van der Waals surface area contributed by atoms with Crippen molar-refractivity contribution >= 4 is 0 Å². The third-order valence-corrected chi connectivity index (χ3v) is 4.29. The van der Waals surface area contributed by atoms with E-state index in [0.29, 0.717) is 5.92 Å². The summed E-state index contributed by atoms with van der Waals surface area (Å²) in [5, 5.41) is 16.0. The normalized spacial score (nSPS) is 19.6. The number of hydrogen-bond donors (Lipinski definition) is 1. The van der Waals surface area contributed by atoms with Gasteiger partial charge in [-0.05, 0) is 37.4 Å². The molecule has 21 heavy (non-hydrogen) atoms. The lowest BCUT2D eigenvalue weighted by Crippen LogP contribution is -2.47. The summed E-state index contributed by atoms with van der Waals surface area (Å²) in [6.07, 6.45) is 7.61. The van der Waals surface area contributed by atoms with Gasteiger partial charge in [0.25, 0.3) is 0 Å². The molecule has 1 aromatic rings.